The SMILES string of the molecule is CCOC(=O)Cc1csc(NN=Cc2ccc(-c3cnc(Cl)c(F)c3)cc2)n1. The molecule has 1 N–H and O–H groups in total. The highest BCUT2D eigenvalue weighted by Crippen LogP contribution is 2.22. The van der Waals surface area contributed by atoms with Gasteiger partial charge in [-0.15, -0.1) is 11.3 Å². The molecule has 0 spiro atoms. The lowest BCUT2D eigenvalue weighted by molar-refractivity contribution is -0.142. The minimum atomic E-state index is -0.556. The molecule has 3 aromatic rings. The van der Waals surface area contributed by atoms with Crippen LogP contribution in [0.15, 0.2) is 47.0 Å². The number of nitrogens with zero attached hydrogens (tertiary/aromatic N) is 3. The summed E-state index contributed by atoms with van der Waals surface area (Å²) in [6.07, 6.45) is 3.29. The molecule has 1 aromatic carbocycles. The van der Waals surface area contributed by atoms with Crippen molar-refractivity contribution in [1.82, 2.24) is 9.97 Å². The molecule has 0 aliphatic carbocycles. The Morgan fingerprint density at radius 1 is 1.36 bits per heavy atom. The highest BCUT2D eigenvalue weighted by atomic mass is 35.5. The number of esters is 1. The summed E-state index contributed by atoms with van der Waals surface area (Å²) in [5.74, 6) is -0.863. The van der Waals surface area contributed by atoms with Crippen molar-refractivity contribution >= 4 is 40.3 Å². The Kier molecular flexibility index (Phi) is 6.67. The number of carbonyl (C=O) groups excluding carboxylic acids is 1. The largest absolute Gasteiger partial charge is 0.466 e. The second-order valence-corrected chi connectivity index (χ2v) is 6.83. The molecule has 28 heavy (non-hydrogen) atoms. The van der Waals surface area contributed by atoms with Gasteiger partial charge in [-0.2, -0.15) is 5.10 Å². The average Bonchev–Trinajstić information content (AvgIpc) is 3.12. The van der Waals surface area contributed by atoms with E-state index in [-0.39, 0.29) is 17.5 Å². The van der Waals surface area contributed by atoms with Crippen molar-refractivity contribution in [1.29, 1.82) is 0 Å². The van der Waals surface area contributed by atoms with Crippen molar-refractivity contribution in [2.75, 3.05) is 12.0 Å². The van der Waals surface area contributed by atoms with Gasteiger partial charge in [0.25, 0.3) is 0 Å². The van der Waals surface area contributed by atoms with E-state index in [1.165, 1.54) is 23.6 Å². The minimum absolute atomic E-state index is 0.136. The maximum absolute atomic E-state index is 13.5. The fraction of sp³-hybridized carbons (Fsp3) is 0.158. The fourth-order valence-electron chi connectivity index (χ4n) is 2.30. The van der Waals surface area contributed by atoms with Gasteiger partial charge in [0.05, 0.1) is 24.9 Å². The first-order valence-corrected chi connectivity index (χ1v) is 9.61. The number of anilines is 1. The predicted octanol–water partition coefficient (Wildman–Crippen LogP) is 4.55. The van der Waals surface area contributed by atoms with E-state index in [0.717, 1.165) is 11.1 Å². The molecule has 0 aliphatic rings. The van der Waals surface area contributed by atoms with Crippen LogP contribution in [0.1, 0.15) is 18.2 Å². The standard InChI is InChI=1S/C19H16ClFN4O2S/c1-2-27-17(26)8-15-11-28-19(24-15)25-23-9-12-3-5-13(6-4-12)14-7-16(21)18(20)22-10-14/h3-7,9-11H,2,8H2,1H3,(H,24,25). The van der Waals surface area contributed by atoms with Gasteiger partial charge in [-0.1, -0.05) is 35.9 Å². The molecule has 0 saturated heterocycles. The zero-order chi connectivity index (χ0) is 19.9. The number of pyridine rings is 1. The molecule has 2 aromatic heterocycles. The molecule has 6 nitrogen and oxygen atoms in total. The lowest BCUT2D eigenvalue weighted by Gasteiger charge is -2.03. The van der Waals surface area contributed by atoms with Gasteiger partial charge in [0, 0.05) is 17.1 Å². The molecule has 9 heteroatoms. The van der Waals surface area contributed by atoms with Crippen LogP contribution in [0.4, 0.5) is 9.52 Å². The number of hydrogen-bond acceptors (Lipinski definition) is 7. The topological polar surface area (TPSA) is 76.5 Å². The van der Waals surface area contributed by atoms with E-state index in [4.69, 9.17) is 16.3 Å². The van der Waals surface area contributed by atoms with Crippen LogP contribution < -0.4 is 5.43 Å². The maximum atomic E-state index is 13.5. The van der Waals surface area contributed by atoms with Gasteiger partial charge in [0.2, 0.25) is 5.13 Å². The van der Waals surface area contributed by atoms with E-state index in [2.05, 4.69) is 20.5 Å². The highest BCUT2D eigenvalue weighted by molar-refractivity contribution is 7.13. The fourth-order valence-corrected chi connectivity index (χ4v) is 3.06. The van der Waals surface area contributed by atoms with Crippen molar-refractivity contribution in [3.05, 3.63) is 64.1 Å². The van der Waals surface area contributed by atoms with Crippen molar-refractivity contribution in [3.63, 3.8) is 0 Å². The van der Waals surface area contributed by atoms with Gasteiger partial charge in [-0.3, -0.25) is 10.2 Å². The Labute approximate surface area is 170 Å². The molecule has 0 radical (unpaired) electrons. The lowest BCUT2D eigenvalue weighted by atomic mass is 10.1. The number of hydrazone groups is 1. The molecule has 0 bridgehead atoms. The van der Waals surface area contributed by atoms with Crippen LogP contribution in [0.2, 0.25) is 5.15 Å². The van der Waals surface area contributed by atoms with Gasteiger partial charge in [0.15, 0.2) is 11.0 Å². The number of hydrogen-bond donors (Lipinski definition) is 1. The molecular weight excluding hydrogens is 403 g/mol. The molecule has 0 aliphatic heterocycles. The first kappa shape index (κ1) is 19.9. The summed E-state index contributed by atoms with van der Waals surface area (Å²) < 4.78 is 18.4. The summed E-state index contributed by atoms with van der Waals surface area (Å²) in [6.45, 7) is 2.11. The normalized spacial score (nSPS) is 11.0. The Morgan fingerprint density at radius 3 is 2.86 bits per heavy atom. The molecule has 0 amide bonds. The molecule has 144 valence electrons. The lowest BCUT2D eigenvalue weighted by Crippen LogP contribution is -2.07. The van der Waals surface area contributed by atoms with E-state index in [1.807, 2.05) is 24.3 Å². The van der Waals surface area contributed by atoms with Crippen LogP contribution in [-0.2, 0) is 16.0 Å². The van der Waals surface area contributed by atoms with Crippen molar-refractivity contribution < 1.29 is 13.9 Å². The van der Waals surface area contributed by atoms with Crippen molar-refractivity contribution in [2.45, 2.75) is 13.3 Å². The third-order valence-electron chi connectivity index (χ3n) is 3.60. The summed E-state index contributed by atoms with van der Waals surface area (Å²) in [5, 5.41) is 6.35. The van der Waals surface area contributed by atoms with Crippen LogP contribution >= 0.6 is 22.9 Å². The summed E-state index contributed by atoms with van der Waals surface area (Å²) in [7, 11) is 0. The van der Waals surface area contributed by atoms with Crippen LogP contribution in [0.5, 0.6) is 0 Å². The van der Waals surface area contributed by atoms with E-state index < -0.39 is 5.82 Å². The smallest absolute Gasteiger partial charge is 0.311 e. The average molecular weight is 419 g/mol. The molecule has 3 rings (SSSR count). The number of halogens is 2. The number of carbonyl (C=O) groups is 1. The van der Waals surface area contributed by atoms with Crippen molar-refractivity contribution in [2.24, 2.45) is 5.10 Å². The summed E-state index contributed by atoms with van der Waals surface area (Å²) in [6, 6.07) is 8.72. The second kappa shape index (κ2) is 9.38. The van der Waals surface area contributed by atoms with Gasteiger partial charge < -0.3 is 4.74 Å². The van der Waals surface area contributed by atoms with Crippen LogP contribution in [0, 0.1) is 5.82 Å². The first-order valence-electron chi connectivity index (χ1n) is 8.35. The summed E-state index contributed by atoms with van der Waals surface area (Å²) in [4.78, 5) is 19.5. The molecule has 0 unspecified atom stereocenters. The Bertz CT molecular complexity index is 992. The van der Waals surface area contributed by atoms with Crippen LogP contribution in [0.3, 0.4) is 0 Å². The van der Waals surface area contributed by atoms with E-state index in [9.17, 15) is 9.18 Å². The third kappa shape index (κ3) is 5.34. The molecule has 2 heterocycles. The summed E-state index contributed by atoms with van der Waals surface area (Å²) in [5.41, 5.74) is 5.77. The highest BCUT2D eigenvalue weighted by Gasteiger charge is 2.08. The zero-order valence-corrected chi connectivity index (χ0v) is 16.4. The van der Waals surface area contributed by atoms with E-state index in [1.54, 1.807) is 18.5 Å². The predicted molar refractivity (Wildman–Crippen MR) is 108 cm³/mol. The third-order valence-corrected chi connectivity index (χ3v) is 4.67. The number of ether oxygens (including phenoxy) is 1. The number of thiazole rings is 1. The van der Waals surface area contributed by atoms with E-state index in [0.29, 0.717) is 23.0 Å². The summed E-state index contributed by atoms with van der Waals surface area (Å²) >= 11 is 6.95. The van der Waals surface area contributed by atoms with Crippen LogP contribution in [0.25, 0.3) is 11.1 Å². The molecular formula is C19H16ClFN4O2S. The van der Waals surface area contributed by atoms with Gasteiger partial charge >= 0.3 is 5.97 Å². The maximum Gasteiger partial charge on any atom is 0.311 e. The number of nitrogens with one attached hydrogen (secondary N) is 1. The Morgan fingerprint density at radius 2 is 2.14 bits per heavy atom. The number of rotatable bonds is 7. The van der Waals surface area contributed by atoms with Gasteiger partial charge in [0.1, 0.15) is 0 Å². The molecule has 0 atom stereocenters. The molecule has 0 saturated carbocycles. The molecule has 0 fully saturated rings. The quantitative estimate of drug-likeness (QED) is 0.263. The van der Waals surface area contributed by atoms with Gasteiger partial charge in [-0.05, 0) is 24.1 Å². The second-order valence-electron chi connectivity index (χ2n) is 5.61. The number of aromatic nitrogens is 2. The Hall–Kier alpha value is -2.84. The zero-order valence-electron chi connectivity index (χ0n) is 14.9. The van der Waals surface area contributed by atoms with Crippen molar-refractivity contribution in [3.8, 4) is 11.1 Å². The monoisotopic (exact) mass is 418 g/mol. The first-order chi connectivity index (χ1) is 13.5. The minimum Gasteiger partial charge on any atom is -0.466 e. The van der Waals surface area contributed by atoms with Gasteiger partial charge in [-0.25, -0.2) is 14.4 Å². The van der Waals surface area contributed by atoms with Crippen LogP contribution in [-0.4, -0.2) is 28.8 Å². The Balaban J connectivity index is 1.58. The van der Waals surface area contributed by atoms with E-state index >= 15 is 0 Å². The number of benzene rings is 1.